The predicted molar refractivity (Wildman–Crippen MR) is 94.4 cm³/mol. The number of halogens is 1. The van der Waals surface area contributed by atoms with Crippen molar-refractivity contribution < 1.29 is 0 Å². The van der Waals surface area contributed by atoms with Crippen molar-refractivity contribution in [1.29, 1.82) is 10.5 Å². The van der Waals surface area contributed by atoms with Gasteiger partial charge < -0.3 is 0 Å². The third-order valence-corrected chi connectivity index (χ3v) is 4.41. The van der Waals surface area contributed by atoms with Gasteiger partial charge in [-0.15, -0.1) is 0 Å². The van der Waals surface area contributed by atoms with Gasteiger partial charge >= 0.3 is 0 Å². The molecule has 0 saturated carbocycles. The van der Waals surface area contributed by atoms with E-state index in [0.29, 0.717) is 11.4 Å². The van der Waals surface area contributed by atoms with Crippen molar-refractivity contribution in [1.82, 2.24) is 4.98 Å². The number of pyridine rings is 1. The van der Waals surface area contributed by atoms with Gasteiger partial charge in [-0.2, -0.15) is 10.5 Å². The Hall–Kier alpha value is -2.88. The van der Waals surface area contributed by atoms with Gasteiger partial charge in [-0.3, -0.25) is 4.98 Å². The number of fused-ring (bicyclic) bond motifs is 1. The maximum absolute atomic E-state index is 9.36. The molecule has 0 aliphatic heterocycles. The van der Waals surface area contributed by atoms with E-state index in [0.717, 1.165) is 22.2 Å². The van der Waals surface area contributed by atoms with E-state index in [4.69, 9.17) is 11.6 Å². The Bertz CT molecular complexity index is 939. The Morgan fingerprint density at radius 2 is 1.62 bits per heavy atom. The smallest absolute Gasteiger partial charge is 0.140 e. The molecule has 0 N–H and O–H groups in total. The van der Waals surface area contributed by atoms with E-state index in [1.807, 2.05) is 54.6 Å². The molecule has 0 bridgehead atoms. The Morgan fingerprint density at radius 1 is 0.917 bits per heavy atom. The highest BCUT2D eigenvalue weighted by molar-refractivity contribution is 6.31. The van der Waals surface area contributed by atoms with Crippen molar-refractivity contribution in [3.05, 3.63) is 76.9 Å². The molecule has 0 radical (unpaired) electrons. The lowest BCUT2D eigenvalue weighted by molar-refractivity contribution is 0.601. The minimum Gasteiger partial charge on any atom is -0.253 e. The maximum atomic E-state index is 9.36. The lowest BCUT2D eigenvalue weighted by Gasteiger charge is -2.19. The molecule has 1 atom stereocenters. The topological polar surface area (TPSA) is 60.5 Å². The molecule has 0 aliphatic rings. The van der Waals surface area contributed by atoms with Crippen LogP contribution < -0.4 is 0 Å². The molecule has 3 aromatic rings. The lowest BCUT2D eigenvalue weighted by atomic mass is 9.84. The van der Waals surface area contributed by atoms with Crippen LogP contribution in [0.4, 0.5) is 0 Å². The zero-order chi connectivity index (χ0) is 16.9. The van der Waals surface area contributed by atoms with Crippen LogP contribution in [0.1, 0.15) is 17.2 Å². The van der Waals surface area contributed by atoms with E-state index in [9.17, 15) is 10.5 Å². The maximum Gasteiger partial charge on any atom is 0.140 e. The van der Waals surface area contributed by atoms with Crippen LogP contribution in [0.25, 0.3) is 10.9 Å². The molecule has 1 unspecified atom stereocenters. The fraction of sp³-hybridized carbons (Fsp3) is 0.150. The SMILES string of the molecule is N#CC(C#N)C(Cc1ccc2ccccc2n1)c1ccccc1Cl. The van der Waals surface area contributed by atoms with Crippen LogP contribution in [0.2, 0.25) is 5.02 Å². The molecule has 116 valence electrons. The monoisotopic (exact) mass is 331 g/mol. The van der Waals surface area contributed by atoms with Gasteiger partial charge in [0.15, 0.2) is 0 Å². The van der Waals surface area contributed by atoms with E-state index in [2.05, 4.69) is 17.1 Å². The lowest BCUT2D eigenvalue weighted by Crippen LogP contribution is -2.14. The highest BCUT2D eigenvalue weighted by Crippen LogP contribution is 2.33. The molecule has 0 saturated heterocycles. The van der Waals surface area contributed by atoms with E-state index >= 15 is 0 Å². The summed E-state index contributed by atoms with van der Waals surface area (Å²) in [5.41, 5.74) is 2.55. The van der Waals surface area contributed by atoms with Crippen molar-refractivity contribution in [3.8, 4) is 12.1 Å². The minimum absolute atomic E-state index is 0.317. The number of aromatic nitrogens is 1. The number of hydrogen-bond donors (Lipinski definition) is 0. The summed E-state index contributed by atoms with van der Waals surface area (Å²) in [7, 11) is 0. The van der Waals surface area contributed by atoms with Gasteiger partial charge in [-0.1, -0.05) is 54.1 Å². The van der Waals surface area contributed by atoms with Gasteiger partial charge in [0.05, 0.1) is 17.7 Å². The first kappa shape index (κ1) is 16.0. The summed E-state index contributed by atoms with van der Waals surface area (Å²) in [5, 5.41) is 20.4. The van der Waals surface area contributed by atoms with Gasteiger partial charge in [0.25, 0.3) is 0 Å². The second-order valence-electron chi connectivity index (χ2n) is 5.56. The molecule has 0 spiro atoms. The molecule has 4 heteroatoms. The molecule has 3 rings (SSSR count). The van der Waals surface area contributed by atoms with E-state index in [-0.39, 0.29) is 5.92 Å². The molecular weight excluding hydrogens is 318 g/mol. The van der Waals surface area contributed by atoms with Crippen molar-refractivity contribution in [3.63, 3.8) is 0 Å². The first-order valence-electron chi connectivity index (χ1n) is 7.61. The average molecular weight is 332 g/mol. The molecule has 0 aliphatic carbocycles. The van der Waals surface area contributed by atoms with Crippen LogP contribution in [0.5, 0.6) is 0 Å². The number of hydrogen-bond acceptors (Lipinski definition) is 3. The number of rotatable bonds is 4. The molecule has 2 aromatic carbocycles. The molecule has 1 aromatic heterocycles. The molecule has 24 heavy (non-hydrogen) atoms. The van der Waals surface area contributed by atoms with Crippen LogP contribution in [-0.4, -0.2) is 4.98 Å². The van der Waals surface area contributed by atoms with Gasteiger partial charge in [-0.05, 0) is 30.2 Å². The van der Waals surface area contributed by atoms with Gasteiger partial charge in [-0.25, -0.2) is 0 Å². The summed E-state index contributed by atoms with van der Waals surface area (Å²) in [6, 6.07) is 23.4. The highest BCUT2D eigenvalue weighted by Gasteiger charge is 2.25. The standard InChI is InChI=1S/C20H14ClN3/c21-19-7-3-2-6-17(19)18(15(12-22)13-23)11-16-10-9-14-5-1-4-8-20(14)24-16/h1-10,15,18H,11H2. The van der Waals surface area contributed by atoms with E-state index < -0.39 is 5.92 Å². The highest BCUT2D eigenvalue weighted by atomic mass is 35.5. The summed E-state index contributed by atoms with van der Waals surface area (Å²) >= 11 is 6.30. The summed E-state index contributed by atoms with van der Waals surface area (Å²) < 4.78 is 0. The Kier molecular flexibility index (Phi) is 4.75. The zero-order valence-corrected chi connectivity index (χ0v) is 13.6. The van der Waals surface area contributed by atoms with Crippen LogP contribution in [0, 0.1) is 28.6 Å². The largest absolute Gasteiger partial charge is 0.253 e. The zero-order valence-electron chi connectivity index (χ0n) is 12.9. The molecule has 1 heterocycles. The minimum atomic E-state index is -0.779. The van der Waals surface area contributed by atoms with Crippen molar-refractivity contribution in [2.24, 2.45) is 5.92 Å². The second-order valence-corrected chi connectivity index (χ2v) is 5.97. The normalized spacial score (nSPS) is 11.8. The molecular formula is C20H14ClN3. The van der Waals surface area contributed by atoms with Gasteiger partial charge in [0.2, 0.25) is 0 Å². The number of nitrogens with zero attached hydrogens (tertiary/aromatic N) is 3. The first-order chi connectivity index (χ1) is 11.7. The fourth-order valence-corrected chi connectivity index (χ4v) is 3.12. The van der Waals surface area contributed by atoms with Crippen LogP contribution >= 0.6 is 11.6 Å². The van der Waals surface area contributed by atoms with Crippen molar-refractivity contribution >= 4 is 22.5 Å². The first-order valence-corrected chi connectivity index (χ1v) is 7.99. The van der Waals surface area contributed by atoms with E-state index in [1.54, 1.807) is 6.07 Å². The van der Waals surface area contributed by atoms with Crippen LogP contribution in [-0.2, 0) is 6.42 Å². The average Bonchev–Trinajstić information content (AvgIpc) is 2.62. The number of para-hydroxylation sites is 1. The molecule has 0 amide bonds. The second kappa shape index (κ2) is 7.13. The third kappa shape index (κ3) is 3.23. The van der Waals surface area contributed by atoms with Crippen molar-refractivity contribution in [2.45, 2.75) is 12.3 Å². The quantitative estimate of drug-likeness (QED) is 0.684. The van der Waals surface area contributed by atoms with Crippen LogP contribution in [0.3, 0.4) is 0 Å². The Morgan fingerprint density at radius 3 is 2.38 bits per heavy atom. The van der Waals surface area contributed by atoms with Crippen LogP contribution in [0.15, 0.2) is 60.7 Å². The van der Waals surface area contributed by atoms with Crippen molar-refractivity contribution in [2.75, 3.05) is 0 Å². The Balaban J connectivity index is 2.01. The predicted octanol–water partition coefficient (Wildman–Crippen LogP) is 4.88. The van der Waals surface area contributed by atoms with Gasteiger partial charge in [0.1, 0.15) is 5.92 Å². The summed E-state index contributed by atoms with van der Waals surface area (Å²) in [5.74, 6) is -1.10. The third-order valence-electron chi connectivity index (χ3n) is 4.07. The van der Waals surface area contributed by atoms with Gasteiger partial charge in [0, 0.05) is 22.0 Å². The number of nitriles is 2. The summed E-state index contributed by atoms with van der Waals surface area (Å²) in [6.45, 7) is 0. The molecule has 0 fully saturated rings. The number of benzene rings is 2. The summed E-state index contributed by atoms with van der Waals surface area (Å²) in [6.07, 6.45) is 0.486. The Labute approximate surface area is 145 Å². The molecule has 3 nitrogen and oxygen atoms in total. The van der Waals surface area contributed by atoms with E-state index in [1.165, 1.54) is 0 Å². The summed E-state index contributed by atoms with van der Waals surface area (Å²) in [4.78, 5) is 4.66. The fourth-order valence-electron chi connectivity index (χ4n) is 2.84.